The molecule has 0 aliphatic heterocycles. The maximum atomic E-state index is 12.1. The number of nitrogens with zero attached hydrogens (tertiary/aromatic N) is 3. The van der Waals surface area contributed by atoms with Crippen molar-refractivity contribution in [2.75, 3.05) is 5.32 Å². The molecule has 2 heterocycles. The van der Waals surface area contributed by atoms with Gasteiger partial charge in [0.1, 0.15) is 0 Å². The smallest absolute Gasteiger partial charge is 0.259 e. The molecule has 2 aromatic heterocycles. The van der Waals surface area contributed by atoms with Gasteiger partial charge in [-0.1, -0.05) is 25.0 Å². The Bertz CT molecular complexity index is 1010. The summed E-state index contributed by atoms with van der Waals surface area (Å²) in [4.78, 5) is 27.7. The fraction of sp³-hybridized carbons (Fsp3) is 0.333. The Kier molecular flexibility index (Phi) is 4.39. The number of nitrogens with one attached hydrogen (secondary N) is 2. The van der Waals surface area contributed by atoms with Gasteiger partial charge < -0.3 is 5.11 Å². The van der Waals surface area contributed by atoms with Crippen molar-refractivity contribution in [3.05, 3.63) is 44.9 Å². The zero-order chi connectivity index (χ0) is 18.1. The number of aryl methyl sites for hydroxylation is 3. The molecule has 0 atom stereocenters. The van der Waals surface area contributed by atoms with Gasteiger partial charge >= 0.3 is 0 Å². The van der Waals surface area contributed by atoms with E-state index in [1.165, 1.54) is 0 Å². The van der Waals surface area contributed by atoms with E-state index >= 15 is 0 Å². The zero-order valence-corrected chi connectivity index (χ0v) is 14.8. The van der Waals surface area contributed by atoms with Crippen molar-refractivity contribution in [2.45, 2.75) is 40.5 Å². The second-order valence-electron chi connectivity index (χ2n) is 6.20. The van der Waals surface area contributed by atoms with Crippen molar-refractivity contribution in [3.8, 4) is 5.88 Å². The Labute approximate surface area is 145 Å². The minimum absolute atomic E-state index is 0.117. The quantitative estimate of drug-likeness (QED) is 0.675. The number of aromatic nitrogens is 4. The maximum Gasteiger partial charge on any atom is 0.259 e. The molecule has 3 N–H and O–H groups in total. The minimum atomic E-state index is -0.360. The lowest BCUT2D eigenvalue weighted by molar-refractivity contribution is 0.443. The van der Waals surface area contributed by atoms with Crippen molar-refractivity contribution < 1.29 is 5.11 Å². The van der Waals surface area contributed by atoms with Gasteiger partial charge in [-0.05, 0) is 38.8 Å². The van der Waals surface area contributed by atoms with E-state index < -0.39 is 0 Å². The number of fused-ring (bicyclic) bond motifs is 1. The lowest BCUT2D eigenvalue weighted by atomic mass is 10.1. The van der Waals surface area contributed by atoms with Crippen LogP contribution in [0.3, 0.4) is 0 Å². The van der Waals surface area contributed by atoms with Gasteiger partial charge in [0.05, 0.1) is 16.8 Å². The summed E-state index contributed by atoms with van der Waals surface area (Å²) in [5, 5.41) is 13.8. The Morgan fingerprint density at radius 3 is 2.60 bits per heavy atom. The summed E-state index contributed by atoms with van der Waals surface area (Å²) in [6.07, 6.45) is 1.22. The van der Waals surface area contributed by atoms with Gasteiger partial charge in [0.2, 0.25) is 17.8 Å². The molecule has 25 heavy (non-hydrogen) atoms. The molecule has 7 nitrogen and oxygen atoms in total. The summed E-state index contributed by atoms with van der Waals surface area (Å²) >= 11 is 0. The third kappa shape index (κ3) is 3.31. The van der Waals surface area contributed by atoms with Crippen molar-refractivity contribution in [2.24, 2.45) is 0 Å². The lowest BCUT2D eigenvalue weighted by Crippen LogP contribution is -2.16. The molecule has 1 aromatic carbocycles. The van der Waals surface area contributed by atoms with Gasteiger partial charge in [-0.3, -0.25) is 15.1 Å². The summed E-state index contributed by atoms with van der Waals surface area (Å²) in [6, 6.07) is 4.11. The van der Waals surface area contributed by atoms with Crippen LogP contribution in [0, 0.1) is 20.8 Å². The number of anilines is 2. The minimum Gasteiger partial charge on any atom is -0.493 e. The van der Waals surface area contributed by atoms with E-state index in [1.807, 2.05) is 33.8 Å². The van der Waals surface area contributed by atoms with Crippen LogP contribution in [0.1, 0.15) is 35.7 Å². The summed E-state index contributed by atoms with van der Waals surface area (Å²) in [5.74, 6) is 0.172. The van der Waals surface area contributed by atoms with Crippen LogP contribution in [0.5, 0.6) is 5.88 Å². The predicted octanol–water partition coefficient (Wildman–Crippen LogP) is 3.04. The van der Waals surface area contributed by atoms with Crippen LogP contribution >= 0.6 is 0 Å². The molecular formula is C18H21N5O2. The molecule has 0 saturated heterocycles. The van der Waals surface area contributed by atoms with Gasteiger partial charge in [-0.25, -0.2) is 9.97 Å². The molecule has 3 aromatic rings. The highest BCUT2D eigenvalue weighted by Crippen LogP contribution is 2.23. The fourth-order valence-corrected chi connectivity index (χ4v) is 2.92. The topological polar surface area (TPSA) is 104 Å². The van der Waals surface area contributed by atoms with Gasteiger partial charge in [0, 0.05) is 5.39 Å². The third-order valence-corrected chi connectivity index (χ3v) is 4.05. The molecular weight excluding hydrogens is 318 g/mol. The second-order valence-corrected chi connectivity index (χ2v) is 6.20. The lowest BCUT2D eigenvalue weighted by Gasteiger charge is -2.10. The Morgan fingerprint density at radius 1 is 1.16 bits per heavy atom. The first-order valence-electron chi connectivity index (χ1n) is 8.23. The van der Waals surface area contributed by atoms with Crippen LogP contribution < -0.4 is 10.9 Å². The highest BCUT2D eigenvalue weighted by Gasteiger charge is 2.12. The van der Waals surface area contributed by atoms with Gasteiger partial charge in [-0.2, -0.15) is 4.98 Å². The monoisotopic (exact) mass is 339 g/mol. The molecule has 0 aliphatic carbocycles. The first kappa shape index (κ1) is 16.9. The number of aromatic amines is 1. The van der Waals surface area contributed by atoms with Gasteiger partial charge in [-0.15, -0.1) is 0 Å². The average Bonchev–Trinajstić information content (AvgIpc) is 2.52. The van der Waals surface area contributed by atoms with Crippen LogP contribution in [-0.2, 0) is 6.42 Å². The molecule has 3 rings (SSSR count). The van der Waals surface area contributed by atoms with Crippen molar-refractivity contribution in [1.29, 1.82) is 0 Å². The Balaban J connectivity index is 2.03. The molecule has 0 bridgehead atoms. The number of benzene rings is 1. The van der Waals surface area contributed by atoms with Crippen molar-refractivity contribution in [3.63, 3.8) is 0 Å². The Morgan fingerprint density at radius 2 is 1.92 bits per heavy atom. The van der Waals surface area contributed by atoms with E-state index in [1.54, 1.807) is 0 Å². The maximum absolute atomic E-state index is 12.1. The number of hydrogen-bond donors (Lipinski definition) is 3. The first-order chi connectivity index (χ1) is 11.9. The Hall–Kier alpha value is -2.96. The summed E-state index contributed by atoms with van der Waals surface area (Å²) in [7, 11) is 0. The highest BCUT2D eigenvalue weighted by molar-refractivity contribution is 5.85. The number of rotatable bonds is 4. The largest absolute Gasteiger partial charge is 0.493 e. The molecule has 7 heteroatoms. The van der Waals surface area contributed by atoms with Crippen molar-refractivity contribution in [1.82, 2.24) is 19.9 Å². The standard InChI is InChI=1S/C18H21N5O2/c1-5-6-12-15(24)21-18(22-16(12)25)23-17-19-11(4)13-8-9(2)7-10(3)14(13)20-17/h7-8H,5-6H2,1-4H3,(H3,19,20,21,22,23,24,25). The molecule has 0 fully saturated rings. The van der Waals surface area contributed by atoms with Crippen LogP contribution in [0.4, 0.5) is 11.9 Å². The SMILES string of the molecule is CCCc1c(O)nc(Nc2nc(C)c3cc(C)cc(C)c3n2)[nH]c1=O. The van der Waals surface area contributed by atoms with Crippen molar-refractivity contribution >= 4 is 22.8 Å². The van der Waals surface area contributed by atoms with E-state index in [0.29, 0.717) is 12.4 Å². The third-order valence-electron chi connectivity index (χ3n) is 4.05. The molecule has 0 radical (unpaired) electrons. The molecule has 0 amide bonds. The van der Waals surface area contributed by atoms with Crippen LogP contribution in [0.25, 0.3) is 10.9 Å². The first-order valence-corrected chi connectivity index (χ1v) is 8.23. The van der Waals surface area contributed by atoms with Crippen LogP contribution in [0.2, 0.25) is 0 Å². The van der Waals surface area contributed by atoms with E-state index in [-0.39, 0.29) is 23.0 Å². The van der Waals surface area contributed by atoms with Crippen LogP contribution in [-0.4, -0.2) is 25.0 Å². The van der Waals surface area contributed by atoms with Gasteiger partial charge in [0.25, 0.3) is 5.56 Å². The summed E-state index contributed by atoms with van der Waals surface area (Å²) < 4.78 is 0. The molecule has 0 unspecified atom stereocenters. The fourth-order valence-electron chi connectivity index (χ4n) is 2.92. The van der Waals surface area contributed by atoms with E-state index in [9.17, 15) is 9.90 Å². The van der Waals surface area contributed by atoms with E-state index in [2.05, 4.69) is 31.3 Å². The number of hydrogen-bond acceptors (Lipinski definition) is 6. The highest BCUT2D eigenvalue weighted by atomic mass is 16.3. The predicted molar refractivity (Wildman–Crippen MR) is 97.5 cm³/mol. The summed E-state index contributed by atoms with van der Waals surface area (Å²) in [6.45, 7) is 7.87. The van der Waals surface area contributed by atoms with Gasteiger partial charge in [0.15, 0.2) is 0 Å². The molecule has 0 aliphatic rings. The zero-order valence-electron chi connectivity index (χ0n) is 14.8. The number of H-pyrrole nitrogens is 1. The molecule has 0 spiro atoms. The molecule has 0 saturated carbocycles. The molecule has 130 valence electrons. The summed E-state index contributed by atoms with van der Waals surface area (Å²) in [5.41, 5.74) is 3.80. The number of aromatic hydroxyl groups is 1. The average molecular weight is 339 g/mol. The second kappa shape index (κ2) is 6.51. The van der Waals surface area contributed by atoms with Crippen LogP contribution in [0.15, 0.2) is 16.9 Å². The van der Waals surface area contributed by atoms with E-state index in [0.717, 1.165) is 34.1 Å². The van der Waals surface area contributed by atoms with E-state index in [4.69, 9.17) is 0 Å². The normalized spacial score (nSPS) is 11.0.